The number of nitrogens with one attached hydrogen (secondary N) is 1. The smallest absolute Gasteiger partial charge is 0.228 e. The van der Waals surface area contributed by atoms with Gasteiger partial charge >= 0.3 is 0 Å². The number of hydrogen-bond donors (Lipinski definition) is 1. The topological polar surface area (TPSA) is 66.5 Å². The fraction of sp³-hybridized carbons (Fsp3) is 0.316. The van der Waals surface area contributed by atoms with Crippen molar-refractivity contribution in [2.75, 3.05) is 18.4 Å². The van der Waals surface area contributed by atoms with E-state index in [1.54, 1.807) is 24.3 Å². The number of sulfonamides is 1. The number of piperidine rings is 1. The summed E-state index contributed by atoms with van der Waals surface area (Å²) >= 11 is 5.93. The molecular weight excluding hydrogens is 391 g/mol. The second-order valence-corrected chi connectivity index (χ2v) is 8.98. The quantitative estimate of drug-likeness (QED) is 0.818. The monoisotopic (exact) mass is 410 g/mol. The fourth-order valence-electron chi connectivity index (χ4n) is 3.12. The van der Waals surface area contributed by atoms with E-state index in [-0.39, 0.29) is 24.0 Å². The van der Waals surface area contributed by atoms with Gasteiger partial charge in [-0.15, -0.1) is 0 Å². The Morgan fingerprint density at radius 2 is 1.96 bits per heavy atom. The van der Waals surface area contributed by atoms with Crippen molar-refractivity contribution in [3.63, 3.8) is 0 Å². The molecule has 1 aliphatic rings. The Hall–Kier alpha value is -1.96. The SMILES string of the molecule is O=C(Nc1ccc(F)cc1)[C@H]1CCCN(S(=O)(=O)Cc2cccc(Cl)c2)C1. The number of rotatable bonds is 5. The van der Waals surface area contributed by atoms with Crippen LogP contribution in [0, 0.1) is 11.7 Å². The van der Waals surface area contributed by atoms with Crippen LogP contribution in [0.3, 0.4) is 0 Å². The fourth-order valence-corrected chi connectivity index (χ4v) is 4.93. The Morgan fingerprint density at radius 3 is 2.67 bits per heavy atom. The molecule has 1 fully saturated rings. The third-order valence-corrected chi connectivity index (χ3v) is 6.55. The van der Waals surface area contributed by atoms with Crippen LogP contribution in [0.4, 0.5) is 10.1 Å². The summed E-state index contributed by atoms with van der Waals surface area (Å²) in [6.45, 7) is 0.527. The summed E-state index contributed by atoms with van der Waals surface area (Å²) in [4.78, 5) is 12.5. The lowest BCUT2D eigenvalue weighted by atomic mass is 9.99. The van der Waals surface area contributed by atoms with Gasteiger partial charge in [-0.25, -0.2) is 17.1 Å². The standard InChI is InChI=1S/C19H20ClFN2O3S/c20-16-5-1-3-14(11-16)13-27(25,26)23-10-2-4-15(12-23)19(24)22-18-8-6-17(21)7-9-18/h1,3,5-9,11,15H,2,4,10,12-13H2,(H,22,24)/t15-/m0/s1. The number of amides is 1. The minimum absolute atomic E-state index is 0.135. The first kappa shape index (κ1) is 19.8. The van der Waals surface area contributed by atoms with Gasteiger partial charge in [0.2, 0.25) is 15.9 Å². The van der Waals surface area contributed by atoms with Crippen molar-refractivity contribution >= 4 is 33.2 Å². The van der Waals surface area contributed by atoms with Gasteiger partial charge in [0.15, 0.2) is 0 Å². The van der Waals surface area contributed by atoms with Crippen LogP contribution in [-0.4, -0.2) is 31.7 Å². The molecule has 3 rings (SSSR count). The number of nitrogens with zero attached hydrogens (tertiary/aromatic N) is 1. The van der Waals surface area contributed by atoms with Crippen LogP contribution >= 0.6 is 11.6 Å². The molecule has 8 heteroatoms. The van der Waals surface area contributed by atoms with Crippen LogP contribution in [0.1, 0.15) is 18.4 Å². The molecule has 1 atom stereocenters. The molecule has 0 saturated carbocycles. The lowest BCUT2D eigenvalue weighted by Crippen LogP contribution is -2.44. The molecule has 1 saturated heterocycles. The third-order valence-electron chi connectivity index (χ3n) is 4.50. The molecule has 27 heavy (non-hydrogen) atoms. The van der Waals surface area contributed by atoms with Crippen LogP contribution in [-0.2, 0) is 20.6 Å². The van der Waals surface area contributed by atoms with E-state index in [9.17, 15) is 17.6 Å². The summed E-state index contributed by atoms with van der Waals surface area (Å²) in [7, 11) is -3.55. The van der Waals surface area contributed by atoms with Crippen molar-refractivity contribution in [1.82, 2.24) is 4.31 Å². The van der Waals surface area contributed by atoms with E-state index in [2.05, 4.69) is 5.32 Å². The number of anilines is 1. The van der Waals surface area contributed by atoms with E-state index < -0.39 is 15.9 Å². The molecule has 1 N–H and O–H groups in total. The third kappa shape index (κ3) is 5.28. The van der Waals surface area contributed by atoms with Gasteiger partial charge < -0.3 is 5.32 Å². The lowest BCUT2D eigenvalue weighted by Gasteiger charge is -2.31. The van der Waals surface area contributed by atoms with Crippen molar-refractivity contribution in [1.29, 1.82) is 0 Å². The minimum Gasteiger partial charge on any atom is -0.326 e. The second-order valence-electron chi connectivity index (χ2n) is 6.58. The van der Waals surface area contributed by atoms with Crippen LogP contribution < -0.4 is 5.32 Å². The van der Waals surface area contributed by atoms with E-state index in [0.29, 0.717) is 35.7 Å². The Balaban J connectivity index is 1.65. The van der Waals surface area contributed by atoms with Crippen molar-refractivity contribution < 1.29 is 17.6 Å². The predicted molar refractivity (Wildman–Crippen MR) is 103 cm³/mol. The van der Waals surface area contributed by atoms with Gasteiger partial charge in [0.05, 0.1) is 11.7 Å². The maximum Gasteiger partial charge on any atom is 0.228 e. The summed E-state index contributed by atoms with van der Waals surface area (Å²) in [6, 6.07) is 12.2. The second kappa shape index (κ2) is 8.37. The van der Waals surface area contributed by atoms with Crippen molar-refractivity contribution in [2.45, 2.75) is 18.6 Å². The van der Waals surface area contributed by atoms with Crippen molar-refractivity contribution in [3.8, 4) is 0 Å². The molecular formula is C19H20ClFN2O3S. The summed E-state index contributed by atoms with van der Waals surface area (Å²) in [5.41, 5.74) is 1.10. The van der Waals surface area contributed by atoms with Gasteiger partial charge in [-0.1, -0.05) is 23.7 Å². The number of carbonyl (C=O) groups excluding carboxylic acids is 1. The summed E-state index contributed by atoms with van der Waals surface area (Å²) < 4.78 is 39.8. The van der Waals surface area contributed by atoms with Crippen LogP contribution in [0.25, 0.3) is 0 Å². The van der Waals surface area contributed by atoms with E-state index >= 15 is 0 Å². The molecule has 0 aliphatic carbocycles. The van der Waals surface area contributed by atoms with Crippen LogP contribution in [0.2, 0.25) is 5.02 Å². The predicted octanol–water partition coefficient (Wildman–Crippen LogP) is 3.66. The molecule has 0 aromatic heterocycles. The highest BCUT2D eigenvalue weighted by atomic mass is 35.5. The molecule has 1 amide bonds. The van der Waals surface area contributed by atoms with Crippen LogP contribution in [0.15, 0.2) is 48.5 Å². The summed E-state index contributed by atoms with van der Waals surface area (Å²) in [5, 5.41) is 3.21. The molecule has 1 aliphatic heterocycles. The number of benzene rings is 2. The van der Waals surface area contributed by atoms with Gasteiger partial charge in [-0.2, -0.15) is 0 Å². The zero-order valence-corrected chi connectivity index (χ0v) is 16.1. The Kier molecular flexibility index (Phi) is 6.14. The van der Waals surface area contributed by atoms with Crippen LogP contribution in [0.5, 0.6) is 0 Å². The van der Waals surface area contributed by atoms with Gasteiger partial charge in [0.25, 0.3) is 0 Å². The van der Waals surface area contributed by atoms with E-state index in [4.69, 9.17) is 11.6 Å². The molecule has 0 radical (unpaired) electrons. The largest absolute Gasteiger partial charge is 0.326 e. The van der Waals surface area contributed by atoms with Gasteiger partial charge in [0.1, 0.15) is 5.82 Å². The number of halogens is 2. The zero-order chi connectivity index (χ0) is 19.4. The van der Waals surface area contributed by atoms with Crippen molar-refractivity contribution in [2.24, 2.45) is 5.92 Å². The average Bonchev–Trinajstić information content (AvgIpc) is 2.63. The first-order valence-electron chi connectivity index (χ1n) is 8.62. The van der Waals surface area contributed by atoms with E-state index in [1.165, 1.54) is 28.6 Å². The van der Waals surface area contributed by atoms with Crippen molar-refractivity contribution in [3.05, 3.63) is 64.9 Å². The molecule has 0 spiro atoms. The van der Waals surface area contributed by atoms with Gasteiger partial charge in [-0.3, -0.25) is 4.79 Å². The van der Waals surface area contributed by atoms with Gasteiger partial charge in [-0.05, 0) is 54.8 Å². The summed E-state index contributed by atoms with van der Waals surface area (Å²) in [5.74, 6) is -1.24. The summed E-state index contributed by atoms with van der Waals surface area (Å²) in [6.07, 6.45) is 1.21. The van der Waals surface area contributed by atoms with Gasteiger partial charge in [0, 0.05) is 23.8 Å². The lowest BCUT2D eigenvalue weighted by molar-refractivity contribution is -0.120. The van der Waals surface area contributed by atoms with E-state index in [1.807, 2.05) is 0 Å². The maximum absolute atomic E-state index is 13.0. The first-order chi connectivity index (χ1) is 12.8. The molecule has 2 aromatic rings. The minimum atomic E-state index is -3.55. The molecule has 1 heterocycles. The Morgan fingerprint density at radius 1 is 1.22 bits per heavy atom. The number of hydrogen-bond acceptors (Lipinski definition) is 3. The Bertz CT molecular complexity index is 919. The average molecular weight is 411 g/mol. The highest BCUT2D eigenvalue weighted by Crippen LogP contribution is 2.23. The highest BCUT2D eigenvalue weighted by Gasteiger charge is 2.32. The highest BCUT2D eigenvalue weighted by molar-refractivity contribution is 7.88. The molecule has 2 aromatic carbocycles. The normalized spacial score (nSPS) is 18.2. The number of carbonyl (C=O) groups is 1. The zero-order valence-electron chi connectivity index (χ0n) is 14.6. The first-order valence-corrected chi connectivity index (χ1v) is 10.6. The molecule has 0 bridgehead atoms. The molecule has 0 unspecified atom stereocenters. The Labute approximate surface area is 163 Å². The molecule has 5 nitrogen and oxygen atoms in total. The van der Waals surface area contributed by atoms with E-state index in [0.717, 1.165) is 0 Å². The molecule has 144 valence electrons. The maximum atomic E-state index is 13.0.